The molecule has 0 aromatic rings. The number of hydrogen-bond acceptors (Lipinski definition) is 3. The fraction of sp³-hybridized carbons (Fsp3) is 1.00. The highest BCUT2D eigenvalue weighted by Gasteiger charge is 2.09. The third kappa shape index (κ3) is 4.76. The molecule has 0 atom stereocenters. The lowest BCUT2D eigenvalue weighted by Crippen LogP contribution is -2.23. The van der Waals surface area contributed by atoms with Gasteiger partial charge in [-0.3, -0.25) is 4.90 Å². The SMILES string of the molecule is CCCS(=O)(=O)CN(C)C. The van der Waals surface area contributed by atoms with Gasteiger partial charge in [-0.1, -0.05) is 6.92 Å². The molecular formula is C6H15NO2S. The number of sulfone groups is 1. The van der Waals surface area contributed by atoms with E-state index in [-0.39, 0.29) is 5.88 Å². The van der Waals surface area contributed by atoms with E-state index in [0.29, 0.717) is 12.2 Å². The first kappa shape index (κ1) is 9.91. The maximum Gasteiger partial charge on any atom is 0.163 e. The zero-order chi connectivity index (χ0) is 8.20. The molecule has 0 aliphatic rings. The molecule has 3 nitrogen and oxygen atoms in total. The molecule has 0 saturated heterocycles. The molecule has 4 heteroatoms. The van der Waals surface area contributed by atoms with Crippen molar-refractivity contribution in [3.05, 3.63) is 0 Å². The van der Waals surface area contributed by atoms with E-state index < -0.39 is 9.84 Å². The van der Waals surface area contributed by atoms with Crippen LogP contribution in [0.4, 0.5) is 0 Å². The minimum atomic E-state index is -2.80. The van der Waals surface area contributed by atoms with Gasteiger partial charge in [0.2, 0.25) is 0 Å². The summed E-state index contributed by atoms with van der Waals surface area (Å²) in [6, 6.07) is 0. The first-order valence-corrected chi connectivity index (χ1v) is 5.15. The van der Waals surface area contributed by atoms with Gasteiger partial charge in [0.15, 0.2) is 9.84 Å². The molecule has 0 amide bonds. The Labute approximate surface area is 62.9 Å². The molecule has 62 valence electrons. The van der Waals surface area contributed by atoms with Crippen LogP contribution in [0.5, 0.6) is 0 Å². The van der Waals surface area contributed by atoms with Crippen molar-refractivity contribution in [3.8, 4) is 0 Å². The highest BCUT2D eigenvalue weighted by Crippen LogP contribution is 1.93. The monoisotopic (exact) mass is 165 g/mol. The zero-order valence-electron chi connectivity index (χ0n) is 6.79. The predicted octanol–water partition coefficient (Wildman–Crippen LogP) is 0.330. The maximum absolute atomic E-state index is 11.0. The molecule has 0 aliphatic heterocycles. The van der Waals surface area contributed by atoms with E-state index in [4.69, 9.17) is 0 Å². The van der Waals surface area contributed by atoms with Crippen LogP contribution < -0.4 is 0 Å². The van der Waals surface area contributed by atoms with Gasteiger partial charge in [0, 0.05) is 0 Å². The fourth-order valence-corrected chi connectivity index (χ4v) is 2.31. The maximum atomic E-state index is 11.0. The summed E-state index contributed by atoms with van der Waals surface area (Å²) in [5.74, 6) is 0.464. The number of rotatable bonds is 4. The minimum absolute atomic E-state index is 0.167. The molecule has 0 aliphatic carbocycles. The second-order valence-corrected chi connectivity index (χ2v) is 4.81. The summed E-state index contributed by atoms with van der Waals surface area (Å²) in [5.41, 5.74) is 0. The average Bonchev–Trinajstić information content (AvgIpc) is 1.59. The zero-order valence-corrected chi connectivity index (χ0v) is 7.61. The summed E-state index contributed by atoms with van der Waals surface area (Å²) in [6.07, 6.45) is 0.705. The van der Waals surface area contributed by atoms with E-state index >= 15 is 0 Å². The van der Waals surface area contributed by atoms with Crippen molar-refractivity contribution < 1.29 is 8.42 Å². The lowest BCUT2D eigenvalue weighted by atomic mass is 10.6. The summed E-state index contributed by atoms with van der Waals surface area (Å²) in [5, 5.41) is 0. The average molecular weight is 165 g/mol. The van der Waals surface area contributed by atoms with Crippen molar-refractivity contribution in [2.24, 2.45) is 0 Å². The highest BCUT2D eigenvalue weighted by molar-refractivity contribution is 7.91. The topological polar surface area (TPSA) is 37.4 Å². The van der Waals surface area contributed by atoms with E-state index in [1.807, 2.05) is 6.92 Å². The molecule has 10 heavy (non-hydrogen) atoms. The second kappa shape index (κ2) is 3.93. The van der Waals surface area contributed by atoms with Crippen LogP contribution in [0.25, 0.3) is 0 Å². The molecule has 0 unspecified atom stereocenters. The van der Waals surface area contributed by atoms with Crippen molar-refractivity contribution in [2.75, 3.05) is 25.7 Å². The van der Waals surface area contributed by atoms with Crippen molar-refractivity contribution in [1.82, 2.24) is 4.90 Å². The van der Waals surface area contributed by atoms with Crippen LogP contribution in [0.2, 0.25) is 0 Å². The van der Waals surface area contributed by atoms with E-state index in [2.05, 4.69) is 0 Å². The molecule has 0 saturated carbocycles. The number of hydrogen-bond donors (Lipinski definition) is 0. The quantitative estimate of drug-likeness (QED) is 0.602. The van der Waals surface area contributed by atoms with Gasteiger partial charge >= 0.3 is 0 Å². The highest BCUT2D eigenvalue weighted by atomic mass is 32.2. The third-order valence-electron chi connectivity index (χ3n) is 0.970. The van der Waals surface area contributed by atoms with Crippen LogP contribution in [-0.2, 0) is 9.84 Å². The van der Waals surface area contributed by atoms with Crippen LogP contribution in [0.3, 0.4) is 0 Å². The van der Waals surface area contributed by atoms with Gasteiger partial charge in [0.25, 0.3) is 0 Å². The van der Waals surface area contributed by atoms with Crippen LogP contribution in [-0.4, -0.2) is 39.0 Å². The van der Waals surface area contributed by atoms with E-state index in [0.717, 1.165) is 0 Å². The molecule has 0 aromatic heterocycles. The van der Waals surface area contributed by atoms with Gasteiger partial charge in [-0.25, -0.2) is 8.42 Å². The Morgan fingerprint density at radius 2 is 1.80 bits per heavy atom. The molecule has 0 aromatic carbocycles. The summed E-state index contributed by atoms with van der Waals surface area (Å²) < 4.78 is 22.0. The molecule has 0 bridgehead atoms. The van der Waals surface area contributed by atoms with Crippen LogP contribution in [0.1, 0.15) is 13.3 Å². The first-order chi connectivity index (χ1) is 4.48. The lowest BCUT2D eigenvalue weighted by Gasteiger charge is -2.08. The summed E-state index contributed by atoms with van der Waals surface area (Å²) in [7, 11) is 0.709. The Morgan fingerprint density at radius 3 is 2.10 bits per heavy atom. The van der Waals surface area contributed by atoms with Gasteiger partial charge in [-0.05, 0) is 20.5 Å². The Morgan fingerprint density at radius 1 is 1.30 bits per heavy atom. The molecule has 0 N–H and O–H groups in total. The summed E-state index contributed by atoms with van der Waals surface area (Å²) in [4.78, 5) is 1.67. The summed E-state index contributed by atoms with van der Waals surface area (Å²) >= 11 is 0. The van der Waals surface area contributed by atoms with Crippen LogP contribution in [0.15, 0.2) is 0 Å². The van der Waals surface area contributed by atoms with Gasteiger partial charge in [0.1, 0.15) is 5.88 Å². The van der Waals surface area contributed by atoms with E-state index in [1.54, 1.807) is 19.0 Å². The Hall–Kier alpha value is -0.0900. The molecular weight excluding hydrogens is 150 g/mol. The van der Waals surface area contributed by atoms with Crippen LogP contribution >= 0.6 is 0 Å². The van der Waals surface area contributed by atoms with E-state index in [9.17, 15) is 8.42 Å². The molecule has 0 radical (unpaired) electrons. The first-order valence-electron chi connectivity index (χ1n) is 3.33. The van der Waals surface area contributed by atoms with Gasteiger partial charge in [-0.2, -0.15) is 0 Å². The van der Waals surface area contributed by atoms with Crippen molar-refractivity contribution in [1.29, 1.82) is 0 Å². The minimum Gasteiger partial charge on any atom is -0.296 e. The molecule has 0 heterocycles. The van der Waals surface area contributed by atoms with Crippen molar-refractivity contribution in [3.63, 3.8) is 0 Å². The molecule has 0 fully saturated rings. The Kier molecular flexibility index (Phi) is 3.89. The smallest absolute Gasteiger partial charge is 0.163 e. The van der Waals surface area contributed by atoms with Crippen molar-refractivity contribution in [2.45, 2.75) is 13.3 Å². The fourth-order valence-electron chi connectivity index (χ4n) is 0.769. The number of nitrogens with zero attached hydrogens (tertiary/aromatic N) is 1. The second-order valence-electron chi connectivity index (χ2n) is 2.66. The van der Waals surface area contributed by atoms with Crippen LogP contribution in [0, 0.1) is 0 Å². The van der Waals surface area contributed by atoms with Crippen molar-refractivity contribution >= 4 is 9.84 Å². The lowest BCUT2D eigenvalue weighted by molar-refractivity contribution is 0.461. The Bertz CT molecular complexity index is 172. The molecule has 0 rings (SSSR count). The largest absolute Gasteiger partial charge is 0.296 e. The normalized spacial score (nSPS) is 12.4. The van der Waals surface area contributed by atoms with Gasteiger partial charge in [0.05, 0.1) is 5.75 Å². The van der Waals surface area contributed by atoms with Gasteiger partial charge < -0.3 is 0 Å². The van der Waals surface area contributed by atoms with E-state index in [1.165, 1.54) is 0 Å². The standard InChI is InChI=1S/C6H15NO2S/c1-4-5-10(8,9)6-7(2)3/h4-6H2,1-3H3. The van der Waals surface area contributed by atoms with Gasteiger partial charge in [-0.15, -0.1) is 0 Å². The predicted molar refractivity (Wildman–Crippen MR) is 42.6 cm³/mol. The molecule has 0 spiro atoms. The third-order valence-corrected chi connectivity index (χ3v) is 2.91. The summed E-state index contributed by atoms with van der Waals surface area (Å²) in [6.45, 7) is 1.87. The Balaban J connectivity index is 3.89.